The van der Waals surface area contributed by atoms with Gasteiger partial charge in [0.1, 0.15) is 5.84 Å². The van der Waals surface area contributed by atoms with Crippen LogP contribution in [0.5, 0.6) is 0 Å². The first-order valence-corrected chi connectivity index (χ1v) is 18.3. The normalized spacial score (nSPS) is 9.60. The molecule has 1 aromatic heterocycles. The van der Waals surface area contributed by atoms with Crippen LogP contribution < -0.4 is 11.6 Å². The molecule has 0 saturated carbocycles. The summed E-state index contributed by atoms with van der Waals surface area (Å²) in [6.45, 7) is 1.77. The molecule has 0 spiro atoms. The van der Waals surface area contributed by atoms with Crippen molar-refractivity contribution in [2.45, 2.75) is 32.9 Å². The molecule has 12 nitrogen and oxygen atoms in total. The van der Waals surface area contributed by atoms with Crippen LogP contribution in [0.4, 0.5) is 39.5 Å². The molecule has 0 unspecified atom stereocenters. The number of hydrogen-bond acceptors (Lipinski definition) is 11. The van der Waals surface area contributed by atoms with E-state index in [2.05, 4.69) is 116 Å². The first kappa shape index (κ1) is 72.0. The first-order valence-electron chi connectivity index (χ1n) is 13.1. The van der Waals surface area contributed by atoms with Crippen LogP contribution in [0.25, 0.3) is 11.4 Å². The Labute approximate surface area is 443 Å². The molecule has 6 N–H and O–H groups in total. The number of nitrogens with zero attached hydrogens (tertiary/aromatic N) is 4. The molecular formula is C31H29F9I3N6O6Y3-3. The monoisotopic (exact) mass is 1400 g/mol. The van der Waals surface area contributed by atoms with E-state index in [1.807, 2.05) is 11.0 Å². The Kier molecular flexibility index (Phi) is 50.3. The first-order chi connectivity index (χ1) is 25.2. The van der Waals surface area contributed by atoms with Crippen LogP contribution >= 0.6 is 67.8 Å². The van der Waals surface area contributed by atoms with Crippen molar-refractivity contribution < 1.29 is 167 Å². The number of carbonyl (C=O) groups is 2. The summed E-state index contributed by atoms with van der Waals surface area (Å²) >= 11 is 6.70. The largest absolute Gasteiger partial charge is 0.491 e. The van der Waals surface area contributed by atoms with Crippen LogP contribution in [-0.2, 0) is 119 Å². The van der Waals surface area contributed by atoms with Gasteiger partial charge in [-0.1, -0.05) is 109 Å². The smallest absolute Gasteiger partial charge is 0.409 e. The minimum absolute atomic E-state index is 0. The summed E-state index contributed by atoms with van der Waals surface area (Å²) in [6, 6.07) is 29.0. The Morgan fingerprint density at radius 3 is 1.60 bits per heavy atom. The molecular weight excluding hydrogens is 1370 g/mol. The SMILES string of the molecule is C.CI.Cc1[c-]ccc(-c2noc(C(F)(F)F)n2)c1.ICI.N#Cc1cc[c-]cc1.N/C(=N\O)c1cc[c-]cc1.NO.O=C(OC(=O)C(F)(F)F)C(F)(F)F.[Y].[Y].[Y]. The maximum atomic E-state index is 12.2. The molecule has 0 bridgehead atoms. The maximum absolute atomic E-state index is 12.2. The molecule has 27 heteroatoms. The summed E-state index contributed by atoms with van der Waals surface area (Å²) in [4.78, 5) is 24.6. The second kappa shape index (κ2) is 40.6. The summed E-state index contributed by atoms with van der Waals surface area (Å²) < 4.78 is 112. The summed E-state index contributed by atoms with van der Waals surface area (Å²) in [7, 11) is 0. The number of esters is 2. The Morgan fingerprint density at radius 2 is 1.29 bits per heavy atom. The topological polar surface area (TPSA) is 211 Å². The average molecular weight is 1400 g/mol. The van der Waals surface area contributed by atoms with Crippen LogP contribution in [-0.4, -0.2) is 58.0 Å². The van der Waals surface area contributed by atoms with Gasteiger partial charge in [0.2, 0.25) is 0 Å². The number of rotatable bonds is 2. The number of nitriles is 1. The third-order valence-electron chi connectivity index (χ3n) is 4.49. The van der Waals surface area contributed by atoms with Crippen molar-refractivity contribution in [1.82, 2.24) is 10.1 Å². The fourth-order valence-electron chi connectivity index (χ4n) is 2.46. The molecule has 4 aromatic rings. The number of benzene rings is 3. The number of carbonyl (C=O) groups excluding carboxylic acids is 2. The van der Waals surface area contributed by atoms with Gasteiger partial charge in [-0.05, 0) is 4.93 Å². The van der Waals surface area contributed by atoms with Crippen molar-refractivity contribution in [3.05, 3.63) is 108 Å². The number of nitrogens with two attached hydrogens (primary N) is 2. The standard InChI is InChI=1S/C10H6F3N2O.C7H7N2O.C7H4N.C4F6O3.CH2I2.CH3I.CH4.H3NO.3Y/c1-6-3-2-4-7(5-6)8-14-9(16-15-8)10(11,12)13;8-7(9-10)6-4-2-1-3-5-6;8-6-7-4-2-1-3-5-7;5-3(6,7)1(11)13-2(12)4(8,9)10;2-1-3;1-2;;1-2;;;/h2,4-5H,1H3;2-5,10H,(H2,8,9);2-5H;;1H2;1H3;1H4;2H,1H2;;;/q3*-1;;;;;;;;. The number of ether oxygens (including phenoxy) is 1. The van der Waals surface area contributed by atoms with Gasteiger partial charge in [0.15, 0.2) is 5.82 Å². The van der Waals surface area contributed by atoms with Crippen LogP contribution in [0.3, 0.4) is 0 Å². The fourth-order valence-corrected chi connectivity index (χ4v) is 2.46. The van der Waals surface area contributed by atoms with Crippen LogP contribution in [0.1, 0.15) is 30.0 Å². The fraction of sp³-hybridized carbons (Fsp3) is 0.226. The van der Waals surface area contributed by atoms with Crippen LogP contribution in [0, 0.1) is 36.5 Å². The molecule has 4 rings (SSSR count). The second-order valence-electron chi connectivity index (χ2n) is 8.13. The minimum Gasteiger partial charge on any atom is -0.409 e. The van der Waals surface area contributed by atoms with Crippen molar-refractivity contribution in [2.24, 2.45) is 16.8 Å². The molecule has 0 aliphatic rings. The molecule has 315 valence electrons. The van der Waals surface area contributed by atoms with E-state index in [1.54, 1.807) is 73.7 Å². The Hall–Kier alpha value is -0.508. The van der Waals surface area contributed by atoms with Crippen LogP contribution in [0.2, 0.25) is 0 Å². The van der Waals surface area contributed by atoms with E-state index in [1.165, 1.54) is 2.43 Å². The van der Waals surface area contributed by atoms with Gasteiger partial charge in [-0.2, -0.15) is 140 Å². The van der Waals surface area contributed by atoms with Gasteiger partial charge >= 0.3 is 36.4 Å². The molecule has 0 amide bonds. The minimum atomic E-state index is -5.62. The third-order valence-corrected chi connectivity index (χ3v) is 4.49. The quantitative estimate of drug-likeness (QED) is 0.0142. The summed E-state index contributed by atoms with van der Waals surface area (Å²) in [5, 5.41) is 29.1. The molecule has 0 aliphatic heterocycles. The van der Waals surface area contributed by atoms with Crippen molar-refractivity contribution in [2.75, 3.05) is 7.36 Å². The number of aryl methyl sites for hydroxylation is 1. The Morgan fingerprint density at radius 1 is 0.879 bits per heavy atom. The van der Waals surface area contributed by atoms with E-state index in [4.69, 9.17) is 21.4 Å². The van der Waals surface area contributed by atoms with Gasteiger partial charge in [-0.3, -0.25) is 0 Å². The van der Waals surface area contributed by atoms with Gasteiger partial charge in [-0.25, -0.2) is 15.5 Å². The number of hydrogen-bond donors (Lipinski definition) is 4. The Bertz CT molecular complexity index is 1680. The van der Waals surface area contributed by atoms with Crippen LogP contribution in [0.15, 0.2) is 76.4 Å². The summed E-state index contributed by atoms with van der Waals surface area (Å²) in [6.07, 6.45) is -15.9. The van der Waals surface area contributed by atoms with Gasteiger partial charge in [0.05, 0.1) is 8.50 Å². The average Bonchev–Trinajstić information content (AvgIpc) is 3.66. The maximum Gasteiger partial charge on any atom is 0.491 e. The van der Waals surface area contributed by atoms with Gasteiger partial charge in [-0.15, -0.1) is 0 Å². The van der Waals surface area contributed by atoms with E-state index in [0.717, 1.165) is 5.56 Å². The van der Waals surface area contributed by atoms with Crippen molar-refractivity contribution in [3.63, 3.8) is 0 Å². The van der Waals surface area contributed by atoms with Gasteiger partial charge in [0.25, 0.3) is 0 Å². The molecule has 1 heterocycles. The van der Waals surface area contributed by atoms with Gasteiger partial charge < -0.3 is 25.4 Å². The molecule has 58 heavy (non-hydrogen) atoms. The van der Waals surface area contributed by atoms with E-state index in [9.17, 15) is 49.1 Å². The van der Waals surface area contributed by atoms with E-state index < -0.39 is 36.4 Å². The Balaban J connectivity index is -0.000000113. The van der Waals surface area contributed by atoms with E-state index in [-0.39, 0.29) is 117 Å². The number of amidine groups is 1. The predicted molar refractivity (Wildman–Crippen MR) is 205 cm³/mol. The predicted octanol–water partition coefficient (Wildman–Crippen LogP) is 8.81. The third kappa shape index (κ3) is 35.1. The number of aromatic nitrogens is 2. The van der Waals surface area contributed by atoms with Crippen molar-refractivity contribution in [3.8, 4) is 17.5 Å². The van der Waals surface area contributed by atoms with Crippen molar-refractivity contribution in [1.29, 1.82) is 5.26 Å². The van der Waals surface area contributed by atoms with E-state index in [0.29, 0.717) is 16.7 Å². The molecule has 0 atom stereocenters. The zero-order valence-corrected chi connectivity index (χ0v) is 43.8. The molecule has 3 radical (unpaired) electrons. The molecule has 0 saturated heterocycles. The summed E-state index contributed by atoms with van der Waals surface area (Å²) in [5.74, 6) is -4.20. The molecule has 0 aliphatic carbocycles. The number of halogens is 12. The second-order valence-corrected chi connectivity index (χ2v) is 12.6. The van der Waals surface area contributed by atoms with E-state index >= 15 is 0 Å². The zero-order chi connectivity index (χ0) is 42.5. The summed E-state index contributed by atoms with van der Waals surface area (Å²) in [5.41, 5.74) is 7.92. The van der Waals surface area contributed by atoms with Crippen molar-refractivity contribution >= 4 is 85.5 Å². The molecule has 0 fully saturated rings. The number of alkyl halides is 12. The van der Waals surface area contributed by atoms with Gasteiger partial charge in [0, 0.05) is 98.1 Å². The molecule has 3 aromatic carbocycles. The number of oxime groups is 1. The zero-order valence-electron chi connectivity index (χ0n) is 28.8.